The minimum Gasteiger partial charge on any atom is -0.462 e. The van der Waals surface area contributed by atoms with Gasteiger partial charge in [-0.25, -0.2) is 14.8 Å². The van der Waals surface area contributed by atoms with Gasteiger partial charge >= 0.3 is 5.97 Å². The third-order valence-electron chi connectivity index (χ3n) is 4.26. The molecule has 0 amide bonds. The number of rotatable bonds is 6. The van der Waals surface area contributed by atoms with Crippen molar-refractivity contribution in [3.63, 3.8) is 0 Å². The van der Waals surface area contributed by atoms with Crippen LogP contribution in [0.5, 0.6) is 0 Å². The van der Waals surface area contributed by atoms with E-state index in [2.05, 4.69) is 20.3 Å². The average Bonchev–Trinajstić information content (AvgIpc) is 2.73. The van der Waals surface area contributed by atoms with E-state index in [9.17, 15) is 4.79 Å². The summed E-state index contributed by atoms with van der Waals surface area (Å²) in [5, 5.41) is 5.05. The molecule has 0 atom stereocenters. The van der Waals surface area contributed by atoms with Crippen LogP contribution < -0.4 is 5.32 Å². The van der Waals surface area contributed by atoms with Crippen LogP contribution in [0.4, 0.5) is 5.82 Å². The molecule has 0 aliphatic heterocycles. The monoisotopic (exact) mass is 358 g/mol. The van der Waals surface area contributed by atoms with Gasteiger partial charge in [-0.3, -0.25) is 4.98 Å². The average molecular weight is 358 g/mol. The van der Waals surface area contributed by atoms with Crippen molar-refractivity contribution in [1.29, 1.82) is 0 Å². The van der Waals surface area contributed by atoms with E-state index in [1.807, 2.05) is 48.5 Å². The van der Waals surface area contributed by atoms with Crippen LogP contribution in [-0.2, 0) is 4.74 Å². The zero-order valence-corrected chi connectivity index (χ0v) is 14.6. The molecular weight excluding hydrogens is 340 g/mol. The van der Waals surface area contributed by atoms with E-state index >= 15 is 0 Å². The topological polar surface area (TPSA) is 77.0 Å². The predicted molar refractivity (Wildman–Crippen MR) is 105 cm³/mol. The number of ether oxygens (including phenoxy) is 1. The van der Waals surface area contributed by atoms with Crippen molar-refractivity contribution < 1.29 is 9.53 Å². The molecule has 2 aromatic carbocycles. The number of hydrogen-bond acceptors (Lipinski definition) is 6. The lowest BCUT2D eigenvalue weighted by Gasteiger charge is -2.09. The minimum atomic E-state index is -0.332. The molecule has 0 unspecified atom stereocenters. The zero-order valence-electron chi connectivity index (χ0n) is 14.6. The van der Waals surface area contributed by atoms with Crippen LogP contribution in [0.15, 0.2) is 67.1 Å². The summed E-state index contributed by atoms with van der Waals surface area (Å²) >= 11 is 0. The van der Waals surface area contributed by atoms with Crippen molar-refractivity contribution >= 4 is 33.6 Å². The molecule has 6 nitrogen and oxygen atoms in total. The number of pyridine rings is 1. The number of hydrogen-bond donors (Lipinski definition) is 1. The van der Waals surface area contributed by atoms with Gasteiger partial charge in [-0.2, -0.15) is 0 Å². The number of aromatic nitrogens is 3. The molecular formula is C21H18N4O2. The van der Waals surface area contributed by atoms with Crippen LogP contribution in [0, 0.1) is 0 Å². The number of carbonyl (C=O) groups is 1. The Morgan fingerprint density at radius 1 is 0.889 bits per heavy atom. The van der Waals surface area contributed by atoms with E-state index in [4.69, 9.17) is 4.74 Å². The molecule has 1 N–H and O–H groups in total. The van der Waals surface area contributed by atoms with Crippen LogP contribution in [0.25, 0.3) is 21.8 Å². The van der Waals surface area contributed by atoms with Crippen molar-refractivity contribution in [3.05, 3.63) is 72.7 Å². The standard InChI is InChI=1S/C21H18N4O2/c26-21(16-7-3-10-18-15(16)8-4-11-22-18)27-13-5-12-23-20-17-6-1-2-9-19(17)24-14-25-20/h1-4,6-11,14H,5,12-13H2,(H,23,24,25). The highest BCUT2D eigenvalue weighted by atomic mass is 16.5. The summed E-state index contributed by atoms with van der Waals surface area (Å²) in [5.41, 5.74) is 2.21. The van der Waals surface area contributed by atoms with Gasteiger partial charge in [-0.05, 0) is 36.8 Å². The Morgan fingerprint density at radius 3 is 2.67 bits per heavy atom. The van der Waals surface area contributed by atoms with Crippen LogP contribution in [0.2, 0.25) is 0 Å². The molecule has 6 heteroatoms. The van der Waals surface area contributed by atoms with Gasteiger partial charge < -0.3 is 10.1 Å². The molecule has 4 aromatic rings. The summed E-state index contributed by atoms with van der Waals surface area (Å²) in [6.45, 7) is 0.969. The number of nitrogens with one attached hydrogen (secondary N) is 1. The van der Waals surface area contributed by atoms with Gasteiger partial charge in [-0.1, -0.05) is 24.3 Å². The first-order valence-corrected chi connectivity index (χ1v) is 8.77. The van der Waals surface area contributed by atoms with Crippen molar-refractivity contribution in [2.75, 3.05) is 18.5 Å². The fourth-order valence-corrected chi connectivity index (χ4v) is 2.95. The van der Waals surface area contributed by atoms with Gasteiger partial charge in [0.15, 0.2) is 0 Å². The maximum atomic E-state index is 12.4. The highest BCUT2D eigenvalue weighted by molar-refractivity contribution is 6.03. The SMILES string of the molecule is O=C(OCCCNc1ncnc2ccccc12)c1cccc2ncccc12. The minimum absolute atomic E-state index is 0.325. The number of anilines is 1. The van der Waals surface area contributed by atoms with Crippen LogP contribution in [0.3, 0.4) is 0 Å². The molecule has 0 spiro atoms. The Kier molecular flexibility index (Phi) is 4.87. The van der Waals surface area contributed by atoms with E-state index < -0.39 is 0 Å². The molecule has 0 aliphatic rings. The van der Waals surface area contributed by atoms with E-state index in [0.717, 1.165) is 27.6 Å². The van der Waals surface area contributed by atoms with Crippen LogP contribution in [0.1, 0.15) is 16.8 Å². The maximum Gasteiger partial charge on any atom is 0.338 e. The second kappa shape index (κ2) is 7.78. The van der Waals surface area contributed by atoms with Crippen molar-refractivity contribution in [2.24, 2.45) is 0 Å². The lowest BCUT2D eigenvalue weighted by atomic mass is 10.1. The van der Waals surface area contributed by atoms with Gasteiger partial charge in [0.2, 0.25) is 0 Å². The number of fused-ring (bicyclic) bond motifs is 2. The smallest absolute Gasteiger partial charge is 0.338 e. The largest absolute Gasteiger partial charge is 0.462 e. The Hall–Kier alpha value is -3.54. The Bertz CT molecular complexity index is 1090. The molecule has 27 heavy (non-hydrogen) atoms. The number of esters is 1. The van der Waals surface area contributed by atoms with Gasteiger partial charge in [-0.15, -0.1) is 0 Å². The predicted octanol–water partition coefficient (Wildman–Crippen LogP) is 3.84. The molecule has 0 aliphatic carbocycles. The van der Waals surface area contributed by atoms with E-state index in [1.54, 1.807) is 18.6 Å². The molecule has 4 rings (SSSR count). The third kappa shape index (κ3) is 3.69. The van der Waals surface area contributed by atoms with Gasteiger partial charge in [0.1, 0.15) is 12.1 Å². The zero-order chi connectivity index (χ0) is 18.5. The number of benzene rings is 2. The summed E-state index contributed by atoms with van der Waals surface area (Å²) in [6, 6.07) is 17.0. The third-order valence-corrected chi connectivity index (χ3v) is 4.26. The molecule has 134 valence electrons. The Labute approximate surface area is 156 Å². The molecule has 2 aromatic heterocycles. The fourth-order valence-electron chi connectivity index (χ4n) is 2.95. The maximum absolute atomic E-state index is 12.4. The van der Waals surface area contributed by atoms with E-state index in [-0.39, 0.29) is 5.97 Å². The second-order valence-corrected chi connectivity index (χ2v) is 6.03. The summed E-state index contributed by atoms with van der Waals surface area (Å²) < 4.78 is 5.42. The molecule has 2 heterocycles. The summed E-state index contributed by atoms with van der Waals surface area (Å²) in [6.07, 6.45) is 3.92. The summed E-state index contributed by atoms with van der Waals surface area (Å²) in [5.74, 6) is 0.452. The van der Waals surface area contributed by atoms with Gasteiger partial charge in [0.25, 0.3) is 0 Å². The van der Waals surface area contributed by atoms with Crippen LogP contribution in [-0.4, -0.2) is 34.1 Å². The first-order valence-electron chi connectivity index (χ1n) is 8.77. The fraction of sp³-hybridized carbons (Fsp3) is 0.143. The molecule has 0 radical (unpaired) electrons. The van der Waals surface area contributed by atoms with Gasteiger partial charge in [0.05, 0.1) is 23.2 Å². The number of carbonyl (C=O) groups excluding carboxylic acids is 1. The van der Waals surface area contributed by atoms with Crippen LogP contribution >= 0.6 is 0 Å². The molecule has 0 saturated heterocycles. The second-order valence-electron chi connectivity index (χ2n) is 6.03. The van der Waals surface area contributed by atoms with E-state index in [1.165, 1.54) is 0 Å². The van der Waals surface area contributed by atoms with E-state index in [0.29, 0.717) is 25.1 Å². The van der Waals surface area contributed by atoms with Crippen molar-refractivity contribution in [1.82, 2.24) is 15.0 Å². The lowest BCUT2D eigenvalue weighted by Crippen LogP contribution is -2.11. The number of nitrogens with zero attached hydrogens (tertiary/aromatic N) is 3. The lowest BCUT2D eigenvalue weighted by molar-refractivity contribution is 0.0506. The first kappa shape index (κ1) is 16.9. The quantitative estimate of drug-likeness (QED) is 0.417. The summed E-state index contributed by atoms with van der Waals surface area (Å²) in [7, 11) is 0. The van der Waals surface area contributed by atoms with Crippen molar-refractivity contribution in [3.8, 4) is 0 Å². The first-order chi connectivity index (χ1) is 13.3. The van der Waals surface area contributed by atoms with Gasteiger partial charge in [0, 0.05) is 23.5 Å². The highest BCUT2D eigenvalue weighted by Crippen LogP contribution is 2.19. The normalized spacial score (nSPS) is 10.8. The Balaban J connectivity index is 1.33. The molecule has 0 bridgehead atoms. The highest BCUT2D eigenvalue weighted by Gasteiger charge is 2.11. The number of para-hydroxylation sites is 1. The van der Waals surface area contributed by atoms with Crippen molar-refractivity contribution in [2.45, 2.75) is 6.42 Å². The molecule has 0 fully saturated rings. The Morgan fingerprint density at radius 2 is 1.70 bits per heavy atom. The summed E-state index contributed by atoms with van der Waals surface area (Å²) in [4.78, 5) is 25.2. The molecule has 0 saturated carbocycles.